The first-order valence-electron chi connectivity index (χ1n) is 7.46. The van der Waals surface area contributed by atoms with Gasteiger partial charge in [0.1, 0.15) is 0 Å². The van der Waals surface area contributed by atoms with Crippen molar-refractivity contribution in [1.29, 1.82) is 0 Å². The van der Waals surface area contributed by atoms with Gasteiger partial charge in [-0.1, -0.05) is 38.5 Å². The van der Waals surface area contributed by atoms with Gasteiger partial charge in [0.05, 0.1) is 6.04 Å². The zero-order valence-corrected chi connectivity index (χ0v) is 12.9. The fourth-order valence-corrected chi connectivity index (χ4v) is 2.21. The molecule has 0 aliphatic rings. The molecule has 1 rings (SSSR count). The number of nitrogens with two attached hydrogens (primary N) is 1. The average molecular weight is 277 g/mol. The van der Waals surface area contributed by atoms with Crippen molar-refractivity contribution < 1.29 is 4.79 Å². The van der Waals surface area contributed by atoms with Crippen LogP contribution in [-0.2, 0) is 11.3 Å². The standard InChI is InChI=1S/C16H27N3O/c1-4-6-11-19(5-2)13(3)16(20)18-15-10-8-7-9-14(15)12-17/h7-10,13H,4-6,11-12,17H2,1-3H3,(H,18,20). The van der Waals surface area contributed by atoms with E-state index in [1.165, 1.54) is 0 Å². The Morgan fingerprint density at radius 2 is 2.05 bits per heavy atom. The van der Waals surface area contributed by atoms with Crippen molar-refractivity contribution in [1.82, 2.24) is 4.90 Å². The van der Waals surface area contributed by atoms with Crippen molar-refractivity contribution in [2.75, 3.05) is 18.4 Å². The van der Waals surface area contributed by atoms with Gasteiger partial charge in [-0.05, 0) is 38.1 Å². The van der Waals surface area contributed by atoms with E-state index in [2.05, 4.69) is 24.1 Å². The molecule has 3 N–H and O–H groups in total. The normalized spacial score (nSPS) is 12.4. The molecule has 20 heavy (non-hydrogen) atoms. The zero-order chi connectivity index (χ0) is 15.0. The van der Waals surface area contributed by atoms with E-state index >= 15 is 0 Å². The highest BCUT2D eigenvalue weighted by molar-refractivity contribution is 5.95. The average Bonchev–Trinajstić information content (AvgIpc) is 2.48. The zero-order valence-electron chi connectivity index (χ0n) is 12.9. The summed E-state index contributed by atoms with van der Waals surface area (Å²) in [6, 6.07) is 7.55. The molecule has 0 saturated heterocycles. The monoisotopic (exact) mass is 277 g/mol. The molecule has 0 fully saturated rings. The third kappa shape index (κ3) is 4.62. The Morgan fingerprint density at radius 1 is 1.35 bits per heavy atom. The Kier molecular flexibility index (Phi) is 7.26. The molecule has 0 bridgehead atoms. The molecule has 1 amide bonds. The predicted octanol–water partition coefficient (Wildman–Crippen LogP) is 2.59. The summed E-state index contributed by atoms with van der Waals surface area (Å²) in [6.45, 7) is 8.48. The lowest BCUT2D eigenvalue weighted by atomic mass is 10.1. The molecule has 0 saturated carbocycles. The van der Waals surface area contributed by atoms with Gasteiger partial charge in [-0.2, -0.15) is 0 Å². The number of hydrogen-bond donors (Lipinski definition) is 2. The minimum atomic E-state index is -0.127. The van der Waals surface area contributed by atoms with Crippen molar-refractivity contribution in [3.63, 3.8) is 0 Å². The van der Waals surface area contributed by atoms with Crippen LogP contribution in [-0.4, -0.2) is 29.9 Å². The second-order valence-corrected chi connectivity index (χ2v) is 5.01. The Bertz CT molecular complexity index is 420. The Hall–Kier alpha value is -1.39. The maximum atomic E-state index is 12.4. The van der Waals surface area contributed by atoms with Crippen molar-refractivity contribution in [2.24, 2.45) is 5.73 Å². The molecule has 4 nitrogen and oxygen atoms in total. The highest BCUT2D eigenvalue weighted by Crippen LogP contribution is 2.15. The lowest BCUT2D eigenvalue weighted by molar-refractivity contribution is -0.120. The van der Waals surface area contributed by atoms with Crippen LogP contribution in [0.4, 0.5) is 5.69 Å². The number of benzene rings is 1. The van der Waals surface area contributed by atoms with Gasteiger partial charge < -0.3 is 11.1 Å². The highest BCUT2D eigenvalue weighted by Gasteiger charge is 2.20. The van der Waals surface area contributed by atoms with Gasteiger partial charge in [0, 0.05) is 12.2 Å². The van der Waals surface area contributed by atoms with Crippen molar-refractivity contribution in [3.8, 4) is 0 Å². The summed E-state index contributed by atoms with van der Waals surface area (Å²) in [5, 5.41) is 2.99. The summed E-state index contributed by atoms with van der Waals surface area (Å²) < 4.78 is 0. The largest absolute Gasteiger partial charge is 0.326 e. The molecule has 0 aliphatic carbocycles. The number of likely N-dealkylation sites (N-methyl/N-ethyl adjacent to an activating group) is 1. The van der Waals surface area contributed by atoms with Gasteiger partial charge in [0.2, 0.25) is 5.91 Å². The molecule has 1 unspecified atom stereocenters. The summed E-state index contributed by atoms with van der Waals surface area (Å²) >= 11 is 0. The second-order valence-electron chi connectivity index (χ2n) is 5.01. The molecule has 1 aromatic carbocycles. The molecule has 1 aromatic rings. The first kappa shape index (κ1) is 16.7. The second kappa shape index (κ2) is 8.72. The Balaban J connectivity index is 2.69. The lowest BCUT2D eigenvalue weighted by Crippen LogP contribution is -2.42. The number of rotatable bonds is 8. The van der Waals surface area contributed by atoms with Gasteiger partial charge in [-0.25, -0.2) is 0 Å². The van der Waals surface area contributed by atoms with Crippen LogP contribution < -0.4 is 11.1 Å². The third-order valence-corrected chi connectivity index (χ3v) is 3.63. The highest BCUT2D eigenvalue weighted by atomic mass is 16.2. The maximum Gasteiger partial charge on any atom is 0.241 e. The Labute approximate surface area is 122 Å². The molecule has 0 aromatic heterocycles. The molecular formula is C16H27N3O. The number of unbranched alkanes of at least 4 members (excludes halogenated alkanes) is 1. The number of amides is 1. The minimum Gasteiger partial charge on any atom is -0.326 e. The number of nitrogens with zero attached hydrogens (tertiary/aromatic N) is 1. The van der Waals surface area contributed by atoms with E-state index in [0.717, 1.165) is 37.2 Å². The van der Waals surface area contributed by atoms with E-state index in [9.17, 15) is 4.79 Å². The summed E-state index contributed by atoms with van der Waals surface area (Å²) in [5.41, 5.74) is 7.47. The van der Waals surface area contributed by atoms with E-state index in [1.807, 2.05) is 31.2 Å². The van der Waals surface area contributed by atoms with Crippen LogP contribution in [0, 0.1) is 0 Å². The van der Waals surface area contributed by atoms with Crippen LogP contribution in [0.2, 0.25) is 0 Å². The molecule has 4 heteroatoms. The number of anilines is 1. The molecule has 0 spiro atoms. The van der Waals surface area contributed by atoms with E-state index < -0.39 is 0 Å². The van der Waals surface area contributed by atoms with E-state index in [1.54, 1.807) is 0 Å². The quantitative estimate of drug-likeness (QED) is 0.768. The van der Waals surface area contributed by atoms with E-state index in [0.29, 0.717) is 6.54 Å². The lowest BCUT2D eigenvalue weighted by Gasteiger charge is -2.27. The minimum absolute atomic E-state index is 0.0313. The smallest absolute Gasteiger partial charge is 0.241 e. The molecular weight excluding hydrogens is 250 g/mol. The van der Waals surface area contributed by atoms with Crippen molar-refractivity contribution in [3.05, 3.63) is 29.8 Å². The van der Waals surface area contributed by atoms with Gasteiger partial charge in [0.15, 0.2) is 0 Å². The predicted molar refractivity (Wildman–Crippen MR) is 84.6 cm³/mol. The molecule has 0 radical (unpaired) electrons. The summed E-state index contributed by atoms with van der Waals surface area (Å²) in [7, 11) is 0. The van der Waals surface area contributed by atoms with Gasteiger partial charge >= 0.3 is 0 Å². The number of hydrogen-bond acceptors (Lipinski definition) is 3. The number of para-hydroxylation sites is 1. The van der Waals surface area contributed by atoms with Crippen LogP contribution in [0.15, 0.2) is 24.3 Å². The van der Waals surface area contributed by atoms with Crippen LogP contribution in [0.5, 0.6) is 0 Å². The SMILES string of the molecule is CCCCN(CC)C(C)C(=O)Nc1ccccc1CN. The summed E-state index contributed by atoms with van der Waals surface area (Å²) in [6.07, 6.45) is 2.26. The topological polar surface area (TPSA) is 58.4 Å². The number of carbonyl (C=O) groups is 1. The van der Waals surface area contributed by atoms with Gasteiger partial charge in [0.25, 0.3) is 0 Å². The van der Waals surface area contributed by atoms with Crippen LogP contribution in [0.3, 0.4) is 0 Å². The summed E-state index contributed by atoms with van der Waals surface area (Å²) in [5.74, 6) is 0.0313. The first-order chi connectivity index (χ1) is 9.63. The maximum absolute atomic E-state index is 12.4. The fourth-order valence-electron chi connectivity index (χ4n) is 2.21. The third-order valence-electron chi connectivity index (χ3n) is 3.63. The molecule has 0 heterocycles. The Morgan fingerprint density at radius 3 is 2.65 bits per heavy atom. The number of carbonyl (C=O) groups excluding carboxylic acids is 1. The van der Waals surface area contributed by atoms with E-state index in [-0.39, 0.29) is 11.9 Å². The van der Waals surface area contributed by atoms with Crippen molar-refractivity contribution >= 4 is 11.6 Å². The molecule has 0 aliphatic heterocycles. The van der Waals surface area contributed by atoms with Crippen LogP contribution >= 0.6 is 0 Å². The molecule has 1 atom stereocenters. The van der Waals surface area contributed by atoms with E-state index in [4.69, 9.17) is 5.73 Å². The van der Waals surface area contributed by atoms with Gasteiger partial charge in [-0.15, -0.1) is 0 Å². The van der Waals surface area contributed by atoms with Gasteiger partial charge in [-0.3, -0.25) is 9.69 Å². The number of nitrogens with one attached hydrogen (secondary N) is 1. The van der Waals surface area contributed by atoms with Crippen LogP contribution in [0.1, 0.15) is 39.2 Å². The van der Waals surface area contributed by atoms with Crippen molar-refractivity contribution in [2.45, 2.75) is 46.2 Å². The first-order valence-corrected chi connectivity index (χ1v) is 7.46. The van der Waals surface area contributed by atoms with Crippen LogP contribution in [0.25, 0.3) is 0 Å². The summed E-state index contributed by atoms with van der Waals surface area (Å²) in [4.78, 5) is 14.5. The molecule has 112 valence electrons. The fraction of sp³-hybridized carbons (Fsp3) is 0.562.